The minimum absolute atomic E-state index is 0.0844. The first-order valence-corrected chi connectivity index (χ1v) is 8.52. The first-order valence-electron chi connectivity index (χ1n) is 8.14. The molecule has 0 unspecified atom stereocenters. The van der Waals surface area contributed by atoms with Crippen molar-refractivity contribution in [2.75, 3.05) is 6.54 Å². The third-order valence-corrected chi connectivity index (χ3v) is 4.41. The van der Waals surface area contributed by atoms with Crippen molar-refractivity contribution < 1.29 is 9.21 Å². The van der Waals surface area contributed by atoms with Crippen LogP contribution in [-0.2, 0) is 6.42 Å². The van der Waals surface area contributed by atoms with Crippen molar-refractivity contribution >= 4 is 28.4 Å². The van der Waals surface area contributed by atoms with E-state index in [1.807, 2.05) is 30.5 Å². The topological polar surface area (TPSA) is 83.8 Å². The molecule has 0 fully saturated rings. The van der Waals surface area contributed by atoms with E-state index in [1.54, 1.807) is 18.2 Å². The SMILES string of the molecule is O=C(NCCc1c[nH]c2ccccc12)c1nnc(-c2ccccc2Cl)o1. The van der Waals surface area contributed by atoms with Crippen molar-refractivity contribution in [2.45, 2.75) is 6.42 Å². The highest BCUT2D eigenvalue weighted by Gasteiger charge is 2.17. The van der Waals surface area contributed by atoms with Gasteiger partial charge in [0.2, 0.25) is 5.89 Å². The summed E-state index contributed by atoms with van der Waals surface area (Å²) in [6.45, 7) is 0.463. The molecular weight excluding hydrogens is 352 g/mol. The molecular formula is C19H15ClN4O2. The maximum Gasteiger partial charge on any atom is 0.308 e. The summed E-state index contributed by atoms with van der Waals surface area (Å²) in [5, 5.41) is 12.1. The summed E-state index contributed by atoms with van der Waals surface area (Å²) in [5.74, 6) is -0.271. The van der Waals surface area contributed by atoms with Crippen LogP contribution in [-0.4, -0.2) is 27.6 Å². The molecule has 4 aromatic rings. The van der Waals surface area contributed by atoms with Gasteiger partial charge in [0.05, 0.1) is 10.6 Å². The minimum atomic E-state index is -0.407. The molecule has 0 saturated carbocycles. The van der Waals surface area contributed by atoms with E-state index < -0.39 is 5.91 Å². The number of H-pyrrole nitrogens is 1. The van der Waals surface area contributed by atoms with Gasteiger partial charge in [-0.15, -0.1) is 10.2 Å². The lowest BCUT2D eigenvalue weighted by molar-refractivity contribution is 0.0920. The molecule has 0 atom stereocenters. The molecule has 2 aromatic heterocycles. The van der Waals surface area contributed by atoms with Crippen LogP contribution >= 0.6 is 11.6 Å². The van der Waals surface area contributed by atoms with Crippen LogP contribution in [0, 0.1) is 0 Å². The fourth-order valence-electron chi connectivity index (χ4n) is 2.78. The molecule has 0 saturated heterocycles. The van der Waals surface area contributed by atoms with Gasteiger partial charge in [-0.2, -0.15) is 0 Å². The second-order valence-corrected chi connectivity index (χ2v) is 6.16. The molecule has 4 rings (SSSR count). The van der Waals surface area contributed by atoms with Gasteiger partial charge in [0.1, 0.15) is 0 Å². The monoisotopic (exact) mass is 366 g/mol. The van der Waals surface area contributed by atoms with E-state index in [1.165, 1.54) is 0 Å². The predicted molar refractivity (Wildman–Crippen MR) is 99.1 cm³/mol. The zero-order valence-corrected chi connectivity index (χ0v) is 14.5. The average molecular weight is 367 g/mol. The highest BCUT2D eigenvalue weighted by molar-refractivity contribution is 6.33. The summed E-state index contributed by atoms with van der Waals surface area (Å²) in [7, 11) is 0. The van der Waals surface area contributed by atoms with E-state index in [2.05, 4.69) is 26.6 Å². The Hall–Kier alpha value is -3.12. The van der Waals surface area contributed by atoms with Crippen molar-refractivity contribution in [1.82, 2.24) is 20.5 Å². The highest BCUT2D eigenvalue weighted by Crippen LogP contribution is 2.26. The zero-order chi connectivity index (χ0) is 17.9. The van der Waals surface area contributed by atoms with Gasteiger partial charge in [0, 0.05) is 23.6 Å². The standard InChI is InChI=1S/C19H15ClN4O2/c20-15-7-3-1-6-14(15)18-23-24-19(26-18)17(25)21-10-9-12-11-22-16-8-4-2-5-13(12)16/h1-8,11,22H,9-10H2,(H,21,25). The van der Waals surface area contributed by atoms with Crippen molar-refractivity contribution in [3.8, 4) is 11.5 Å². The maximum atomic E-state index is 12.2. The van der Waals surface area contributed by atoms with E-state index in [0.717, 1.165) is 16.5 Å². The predicted octanol–water partition coefficient (Wildman–Crippen LogP) is 3.84. The summed E-state index contributed by atoms with van der Waals surface area (Å²) in [4.78, 5) is 15.4. The number of aromatic nitrogens is 3. The van der Waals surface area contributed by atoms with Gasteiger partial charge < -0.3 is 14.7 Å². The summed E-state index contributed by atoms with van der Waals surface area (Å²) in [6, 6.07) is 15.1. The minimum Gasteiger partial charge on any atom is -0.412 e. The summed E-state index contributed by atoms with van der Waals surface area (Å²) in [5.41, 5.74) is 2.82. The Morgan fingerprint density at radius 3 is 2.81 bits per heavy atom. The van der Waals surface area contributed by atoms with E-state index in [-0.39, 0.29) is 11.8 Å². The third-order valence-electron chi connectivity index (χ3n) is 4.08. The molecule has 2 N–H and O–H groups in total. The lowest BCUT2D eigenvalue weighted by Gasteiger charge is -2.02. The van der Waals surface area contributed by atoms with Crippen LogP contribution in [0.15, 0.2) is 59.1 Å². The molecule has 0 spiro atoms. The number of para-hydroxylation sites is 1. The Kier molecular flexibility index (Phi) is 4.41. The lowest BCUT2D eigenvalue weighted by Crippen LogP contribution is -2.25. The number of carbonyl (C=O) groups excluding carboxylic acids is 1. The van der Waals surface area contributed by atoms with Gasteiger partial charge in [-0.1, -0.05) is 41.9 Å². The average Bonchev–Trinajstić information content (AvgIpc) is 3.30. The van der Waals surface area contributed by atoms with E-state index in [9.17, 15) is 4.79 Å². The number of carbonyl (C=O) groups is 1. The Bertz CT molecular complexity index is 1070. The smallest absolute Gasteiger partial charge is 0.308 e. The van der Waals surface area contributed by atoms with Crippen LogP contribution in [0.5, 0.6) is 0 Å². The third kappa shape index (κ3) is 3.19. The van der Waals surface area contributed by atoms with E-state index >= 15 is 0 Å². The number of rotatable bonds is 5. The number of aromatic amines is 1. The number of benzene rings is 2. The maximum absolute atomic E-state index is 12.2. The highest BCUT2D eigenvalue weighted by atomic mass is 35.5. The molecule has 2 heterocycles. The molecule has 0 radical (unpaired) electrons. The molecule has 26 heavy (non-hydrogen) atoms. The molecule has 1 amide bonds. The Morgan fingerprint density at radius 2 is 1.92 bits per heavy atom. The first-order chi connectivity index (χ1) is 12.7. The van der Waals surface area contributed by atoms with Crippen molar-refractivity contribution in [3.05, 3.63) is 71.2 Å². The first kappa shape index (κ1) is 16.4. The van der Waals surface area contributed by atoms with Gasteiger partial charge in [-0.25, -0.2) is 0 Å². The molecule has 0 bridgehead atoms. The van der Waals surface area contributed by atoms with Crippen molar-refractivity contribution in [3.63, 3.8) is 0 Å². The summed E-state index contributed by atoms with van der Waals surface area (Å²) in [6.07, 6.45) is 2.65. The van der Waals surface area contributed by atoms with Crippen LogP contribution in [0.25, 0.3) is 22.4 Å². The van der Waals surface area contributed by atoms with Gasteiger partial charge >= 0.3 is 11.8 Å². The van der Waals surface area contributed by atoms with Gasteiger partial charge in [-0.3, -0.25) is 4.79 Å². The second-order valence-electron chi connectivity index (χ2n) is 5.76. The largest absolute Gasteiger partial charge is 0.412 e. The molecule has 0 aliphatic rings. The number of nitrogens with zero attached hydrogens (tertiary/aromatic N) is 2. The van der Waals surface area contributed by atoms with Crippen LogP contribution in [0.1, 0.15) is 16.2 Å². The van der Waals surface area contributed by atoms with Crippen molar-refractivity contribution in [1.29, 1.82) is 0 Å². The molecule has 6 nitrogen and oxygen atoms in total. The van der Waals surface area contributed by atoms with Crippen LogP contribution in [0.2, 0.25) is 5.02 Å². The molecule has 0 aliphatic heterocycles. The Labute approximate surface area is 154 Å². The number of fused-ring (bicyclic) bond motifs is 1. The van der Waals surface area contributed by atoms with Gasteiger partial charge in [-0.05, 0) is 30.2 Å². The number of hydrogen-bond acceptors (Lipinski definition) is 4. The van der Waals surface area contributed by atoms with Crippen LogP contribution in [0.4, 0.5) is 0 Å². The molecule has 2 aromatic carbocycles. The van der Waals surface area contributed by atoms with Crippen LogP contribution < -0.4 is 5.32 Å². The summed E-state index contributed by atoms with van der Waals surface area (Å²) >= 11 is 6.10. The van der Waals surface area contributed by atoms with E-state index in [0.29, 0.717) is 23.6 Å². The quantitative estimate of drug-likeness (QED) is 0.562. The number of hydrogen-bond donors (Lipinski definition) is 2. The summed E-state index contributed by atoms with van der Waals surface area (Å²) < 4.78 is 5.45. The zero-order valence-electron chi connectivity index (χ0n) is 13.7. The number of nitrogens with one attached hydrogen (secondary N) is 2. The molecule has 130 valence electrons. The number of amides is 1. The normalized spacial score (nSPS) is 11.0. The molecule has 0 aliphatic carbocycles. The van der Waals surface area contributed by atoms with Crippen LogP contribution in [0.3, 0.4) is 0 Å². The van der Waals surface area contributed by atoms with Gasteiger partial charge in [0.15, 0.2) is 0 Å². The number of halogens is 1. The Morgan fingerprint density at radius 1 is 1.12 bits per heavy atom. The fourth-order valence-corrected chi connectivity index (χ4v) is 3.00. The van der Waals surface area contributed by atoms with Crippen molar-refractivity contribution in [2.24, 2.45) is 0 Å². The lowest BCUT2D eigenvalue weighted by atomic mass is 10.1. The second kappa shape index (κ2) is 7.01. The fraction of sp³-hybridized carbons (Fsp3) is 0.105. The molecule has 7 heteroatoms. The van der Waals surface area contributed by atoms with Gasteiger partial charge in [0.25, 0.3) is 0 Å². The Balaban J connectivity index is 1.40. The van der Waals surface area contributed by atoms with E-state index in [4.69, 9.17) is 16.0 Å².